The molecular formula is C28H38N2O4. The molecule has 5 rings (SSSR count). The third kappa shape index (κ3) is 6.30. The van der Waals surface area contributed by atoms with Gasteiger partial charge in [-0.25, -0.2) is 0 Å². The molecule has 2 aromatic carbocycles. The molecule has 3 aliphatic rings. The predicted octanol–water partition coefficient (Wildman–Crippen LogP) is 4.48. The minimum atomic E-state index is 0.217. The Hall–Kier alpha value is -2.57. The molecule has 0 radical (unpaired) electrons. The molecule has 0 unspecified atom stereocenters. The van der Waals surface area contributed by atoms with Crippen molar-refractivity contribution in [2.75, 3.05) is 37.7 Å². The van der Waals surface area contributed by atoms with E-state index in [1.807, 2.05) is 29.2 Å². The highest BCUT2D eigenvalue weighted by atomic mass is 16.5. The monoisotopic (exact) mass is 466 g/mol. The molecule has 2 aliphatic heterocycles. The zero-order valence-electron chi connectivity index (χ0n) is 20.3. The van der Waals surface area contributed by atoms with E-state index >= 15 is 0 Å². The number of nitrogens with zero attached hydrogens (tertiary/aromatic N) is 2. The van der Waals surface area contributed by atoms with Gasteiger partial charge in [-0.05, 0) is 92.4 Å². The van der Waals surface area contributed by atoms with Crippen LogP contribution in [0.3, 0.4) is 0 Å². The van der Waals surface area contributed by atoms with Crippen molar-refractivity contribution in [2.45, 2.75) is 63.8 Å². The Bertz CT molecular complexity index is 942. The highest BCUT2D eigenvalue weighted by Crippen LogP contribution is 2.40. The molecule has 2 saturated heterocycles. The SMILES string of the molecule is CCc1cc(N2CCCC2=O)ccc1OCCN1CCC[C@@H]1CO.Oc1ccc(C2CC2)cc1. The van der Waals surface area contributed by atoms with E-state index in [9.17, 15) is 9.90 Å². The Balaban J connectivity index is 0.000000226. The molecule has 2 heterocycles. The van der Waals surface area contributed by atoms with Crippen LogP contribution in [0.1, 0.15) is 62.5 Å². The first-order valence-corrected chi connectivity index (χ1v) is 12.8. The van der Waals surface area contributed by atoms with Gasteiger partial charge in [-0.3, -0.25) is 9.69 Å². The van der Waals surface area contributed by atoms with E-state index in [0.29, 0.717) is 24.8 Å². The maximum atomic E-state index is 11.9. The van der Waals surface area contributed by atoms with Crippen molar-refractivity contribution in [3.63, 3.8) is 0 Å². The van der Waals surface area contributed by atoms with E-state index in [-0.39, 0.29) is 12.5 Å². The van der Waals surface area contributed by atoms with Crippen LogP contribution < -0.4 is 9.64 Å². The number of rotatable bonds is 8. The normalized spacial score (nSPS) is 20.4. The van der Waals surface area contributed by atoms with Gasteiger partial charge >= 0.3 is 0 Å². The number of aromatic hydroxyl groups is 1. The zero-order chi connectivity index (χ0) is 23.9. The number of aliphatic hydroxyl groups is 1. The second-order valence-corrected chi connectivity index (χ2v) is 9.52. The summed E-state index contributed by atoms with van der Waals surface area (Å²) in [5, 5.41) is 18.3. The molecule has 2 aromatic rings. The van der Waals surface area contributed by atoms with E-state index in [2.05, 4.69) is 17.9 Å². The van der Waals surface area contributed by atoms with Crippen molar-refractivity contribution < 1.29 is 19.7 Å². The lowest BCUT2D eigenvalue weighted by molar-refractivity contribution is -0.117. The Morgan fingerprint density at radius 2 is 1.82 bits per heavy atom. The lowest BCUT2D eigenvalue weighted by Gasteiger charge is -2.23. The molecule has 0 spiro atoms. The van der Waals surface area contributed by atoms with Crippen LogP contribution in [-0.2, 0) is 11.2 Å². The number of phenols is 1. The summed E-state index contributed by atoms with van der Waals surface area (Å²) in [4.78, 5) is 16.1. The molecule has 1 saturated carbocycles. The Labute approximate surface area is 203 Å². The number of aliphatic hydroxyl groups excluding tert-OH is 1. The van der Waals surface area contributed by atoms with Gasteiger partial charge in [0.1, 0.15) is 18.1 Å². The molecule has 2 N–H and O–H groups in total. The fourth-order valence-electron chi connectivity index (χ4n) is 4.90. The van der Waals surface area contributed by atoms with Crippen molar-refractivity contribution in [3.05, 3.63) is 53.6 Å². The van der Waals surface area contributed by atoms with Crippen molar-refractivity contribution in [1.82, 2.24) is 4.90 Å². The molecule has 1 amide bonds. The molecule has 6 heteroatoms. The third-order valence-electron chi connectivity index (χ3n) is 7.10. The minimum Gasteiger partial charge on any atom is -0.508 e. The largest absolute Gasteiger partial charge is 0.508 e. The molecule has 34 heavy (non-hydrogen) atoms. The fourth-order valence-corrected chi connectivity index (χ4v) is 4.90. The number of hydrogen-bond acceptors (Lipinski definition) is 5. The van der Waals surface area contributed by atoms with Gasteiger partial charge in [-0.1, -0.05) is 19.1 Å². The van der Waals surface area contributed by atoms with Gasteiger partial charge in [0, 0.05) is 31.2 Å². The quantitative estimate of drug-likeness (QED) is 0.600. The van der Waals surface area contributed by atoms with E-state index in [1.165, 1.54) is 18.4 Å². The summed E-state index contributed by atoms with van der Waals surface area (Å²) >= 11 is 0. The van der Waals surface area contributed by atoms with Crippen LogP contribution in [0.15, 0.2) is 42.5 Å². The number of hydrogen-bond donors (Lipinski definition) is 2. The van der Waals surface area contributed by atoms with Crippen LogP contribution in [0, 0.1) is 0 Å². The maximum absolute atomic E-state index is 11.9. The van der Waals surface area contributed by atoms with E-state index < -0.39 is 0 Å². The highest BCUT2D eigenvalue weighted by Gasteiger charge is 2.24. The summed E-state index contributed by atoms with van der Waals surface area (Å²) in [6.45, 7) is 5.69. The first-order chi connectivity index (χ1) is 16.6. The average Bonchev–Trinajstić information content (AvgIpc) is 3.46. The second-order valence-electron chi connectivity index (χ2n) is 9.52. The Morgan fingerprint density at radius 1 is 1.03 bits per heavy atom. The van der Waals surface area contributed by atoms with Crippen molar-refractivity contribution in [3.8, 4) is 11.5 Å². The second kappa shape index (κ2) is 11.7. The predicted molar refractivity (Wildman–Crippen MR) is 135 cm³/mol. The molecule has 6 nitrogen and oxygen atoms in total. The summed E-state index contributed by atoms with van der Waals surface area (Å²) in [6, 6.07) is 13.9. The zero-order valence-corrected chi connectivity index (χ0v) is 20.3. The van der Waals surface area contributed by atoms with Gasteiger partial charge in [0.2, 0.25) is 5.91 Å². The number of benzene rings is 2. The fraction of sp³-hybridized carbons (Fsp3) is 0.536. The van der Waals surface area contributed by atoms with E-state index in [4.69, 9.17) is 9.84 Å². The summed E-state index contributed by atoms with van der Waals surface area (Å²) < 4.78 is 6.00. The average molecular weight is 467 g/mol. The van der Waals surface area contributed by atoms with E-state index in [0.717, 1.165) is 68.2 Å². The number of likely N-dealkylation sites (tertiary alicyclic amines) is 1. The third-order valence-corrected chi connectivity index (χ3v) is 7.10. The van der Waals surface area contributed by atoms with E-state index in [1.54, 1.807) is 12.1 Å². The van der Waals surface area contributed by atoms with Crippen LogP contribution in [0.4, 0.5) is 5.69 Å². The lowest BCUT2D eigenvalue weighted by atomic mass is 10.1. The molecular weight excluding hydrogens is 428 g/mol. The van der Waals surface area contributed by atoms with Gasteiger partial charge < -0.3 is 19.8 Å². The molecule has 1 atom stereocenters. The van der Waals surface area contributed by atoms with Gasteiger partial charge in [0.25, 0.3) is 0 Å². The Morgan fingerprint density at radius 3 is 2.47 bits per heavy atom. The number of carbonyl (C=O) groups excluding carboxylic acids is 1. The number of carbonyl (C=O) groups is 1. The van der Waals surface area contributed by atoms with Crippen molar-refractivity contribution >= 4 is 11.6 Å². The van der Waals surface area contributed by atoms with Gasteiger partial charge in [0.05, 0.1) is 6.61 Å². The summed E-state index contributed by atoms with van der Waals surface area (Å²) in [6.07, 6.45) is 7.37. The van der Waals surface area contributed by atoms with Crippen LogP contribution in [0.25, 0.3) is 0 Å². The lowest BCUT2D eigenvalue weighted by Crippen LogP contribution is -2.35. The number of phenolic OH excluding ortho intramolecular Hbond substituents is 1. The van der Waals surface area contributed by atoms with Crippen LogP contribution >= 0.6 is 0 Å². The number of aryl methyl sites for hydroxylation is 1. The standard InChI is InChI=1S/C19H28N2O3.C9H10O/c1-2-15-13-16(21-10-4-6-19(21)23)7-8-18(15)24-12-11-20-9-3-5-17(20)14-22;10-9-5-3-8(4-6-9)7-1-2-7/h7-8,13,17,22H,2-6,9-12,14H2,1H3;3-7,10H,1-2H2/t17-;/m1./s1. The van der Waals surface area contributed by atoms with Crippen molar-refractivity contribution in [2.24, 2.45) is 0 Å². The molecule has 0 bridgehead atoms. The minimum absolute atomic E-state index is 0.217. The number of amides is 1. The van der Waals surface area contributed by atoms with Crippen LogP contribution in [0.2, 0.25) is 0 Å². The van der Waals surface area contributed by atoms with Crippen LogP contribution in [0.5, 0.6) is 11.5 Å². The first kappa shape index (κ1) is 24.6. The molecule has 3 fully saturated rings. The van der Waals surface area contributed by atoms with Crippen molar-refractivity contribution in [1.29, 1.82) is 0 Å². The molecule has 0 aromatic heterocycles. The number of ether oxygens (including phenoxy) is 1. The Kier molecular flexibility index (Phi) is 8.46. The molecule has 184 valence electrons. The summed E-state index contributed by atoms with van der Waals surface area (Å²) in [5.74, 6) is 2.28. The first-order valence-electron chi connectivity index (χ1n) is 12.8. The van der Waals surface area contributed by atoms with Gasteiger partial charge in [-0.15, -0.1) is 0 Å². The summed E-state index contributed by atoms with van der Waals surface area (Å²) in [5.41, 5.74) is 3.51. The maximum Gasteiger partial charge on any atom is 0.227 e. The number of anilines is 1. The van der Waals surface area contributed by atoms with Gasteiger partial charge in [-0.2, -0.15) is 0 Å². The molecule has 1 aliphatic carbocycles. The smallest absolute Gasteiger partial charge is 0.227 e. The highest BCUT2D eigenvalue weighted by molar-refractivity contribution is 5.95. The summed E-state index contributed by atoms with van der Waals surface area (Å²) in [7, 11) is 0. The van der Waals surface area contributed by atoms with Crippen LogP contribution in [-0.4, -0.2) is 59.9 Å². The topological polar surface area (TPSA) is 73.2 Å². The van der Waals surface area contributed by atoms with Gasteiger partial charge in [0.15, 0.2) is 0 Å².